The van der Waals surface area contributed by atoms with Gasteiger partial charge in [0.2, 0.25) is 0 Å². The van der Waals surface area contributed by atoms with E-state index in [0.717, 1.165) is 11.1 Å². The number of sulfonamides is 1. The summed E-state index contributed by atoms with van der Waals surface area (Å²) >= 11 is 0. The van der Waals surface area contributed by atoms with Crippen LogP contribution < -0.4 is 4.72 Å². The lowest BCUT2D eigenvalue weighted by atomic mass is 10.2. The number of hydrogen-bond donors (Lipinski definition) is 1. The van der Waals surface area contributed by atoms with Gasteiger partial charge >= 0.3 is 0 Å². The molecule has 0 unspecified atom stereocenters. The maximum absolute atomic E-state index is 12.9. The molecule has 3 aromatic rings. The summed E-state index contributed by atoms with van der Waals surface area (Å²) in [7, 11) is -3.70. The molecule has 0 atom stereocenters. The van der Waals surface area contributed by atoms with E-state index in [0.29, 0.717) is 12.1 Å². The number of nitrogens with one attached hydrogen (secondary N) is 1. The topological polar surface area (TPSA) is 64.0 Å². The summed E-state index contributed by atoms with van der Waals surface area (Å²) in [6, 6.07) is 12.8. The van der Waals surface area contributed by atoms with Gasteiger partial charge in [-0.25, -0.2) is 12.8 Å². The Hall–Kier alpha value is -2.67. The molecule has 0 aliphatic carbocycles. The monoisotopic (exact) mass is 359 g/mol. The first kappa shape index (κ1) is 17.2. The Kier molecular flexibility index (Phi) is 4.59. The molecule has 0 fully saturated rings. The van der Waals surface area contributed by atoms with Crippen LogP contribution in [0, 0.1) is 19.7 Å². The average Bonchev–Trinajstić information content (AvgIpc) is 2.95. The van der Waals surface area contributed by atoms with Crippen LogP contribution in [0.2, 0.25) is 0 Å². The molecule has 0 amide bonds. The first-order chi connectivity index (χ1) is 11.8. The van der Waals surface area contributed by atoms with Gasteiger partial charge in [-0.1, -0.05) is 29.8 Å². The minimum Gasteiger partial charge on any atom is -0.266 e. The van der Waals surface area contributed by atoms with E-state index >= 15 is 0 Å². The number of benzene rings is 2. The fourth-order valence-corrected chi connectivity index (χ4v) is 3.80. The van der Waals surface area contributed by atoms with Gasteiger partial charge in [-0.15, -0.1) is 0 Å². The molecule has 5 nitrogen and oxygen atoms in total. The van der Waals surface area contributed by atoms with Gasteiger partial charge in [0.1, 0.15) is 5.82 Å². The molecule has 1 N–H and O–H groups in total. The molecule has 0 spiro atoms. The molecule has 2 aromatic carbocycles. The lowest BCUT2D eigenvalue weighted by Crippen LogP contribution is -2.15. The summed E-state index contributed by atoms with van der Waals surface area (Å²) < 4.78 is 42.1. The first-order valence-corrected chi connectivity index (χ1v) is 9.20. The van der Waals surface area contributed by atoms with Crippen molar-refractivity contribution in [2.45, 2.75) is 25.3 Å². The van der Waals surface area contributed by atoms with Crippen molar-refractivity contribution in [3.05, 3.63) is 77.2 Å². The maximum atomic E-state index is 12.9. The van der Waals surface area contributed by atoms with Crippen molar-refractivity contribution in [2.75, 3.05) is 4.72 Å². The van der Waals surface area contributed by atoms with Gasteiger partial charge in [0.05, 0.1) is 11.4 Å². The number of rotatable bonds is 5. The molecule has 1 heterocycles. The van der Waals surface area contributed by atoms with E-state index in [1.165, 1.54) is 12.1 Å². The standard InChI is InChI=1S/C18H18FN3O2S/c1-13-3-8-17(14(2)11-13)25(23,24)21-18-9-10-22(20-18)12-15-4-6-16(19)7-5-15/h3-11H,12H2,1-2H3,(H,20,21). The van der Waals surface area contributed by atoms with Crippen LogP contribution in [0.25, 0.3) is 0 Å². The molecule has 0 radical (unpaired) electrons. The second-order valence-corrected chi connectivity index (χ2v) is 7.55. The highest BCUT2D eigenvalue weighted by Gasteiger charge is 2.18. The van der Waals surface area contributed by atoms with Crippen LogP contribution in [0.1, 0.15) is 16.7 Å². The molecule has 25 heavy (non-hydrogen) atoms. The van der Waals surface area contributed by atoms with Crippen molar-refractivity contribution in [3.8, 4) is 0 Å². The van der Waals surface area contributed by atoms with Crippen molar-refractivity contribution in [1.29, 1.82) is 0 Å². The molecule has 1 aromatic heterocycles. The fourth-order valence-electron chi connectivity index (χ4n) is 2.57. The van der Waals surface area contributed by atoms with Gasteiger partial charge in [0.15, 0.2) is 5.82 Å². The lowest BCUT2D eigenvalue weighted by molar-refractivity contribution is 0.600. The van der Waals surface area contributed by atoms with Crippen LogP contribution in [0.3, 0.4) is 0 Å². The van der Waals surface area contributed by atoms with Gasteiger partial charge in [-0.3, -0.25) is 9.40 Å². The summed E-state index contributed by atoms with van der Waals surface area (Å²) in [6.45, 7) is 4.09. The number of aromatic nitrogens is 2. The first-order valence-electron chi connectivity index (χ1n) is 7.71. The van der Waals surface area contributed by atoms with Gasteiger partial charge in [0.25, 0.3) is 10.0 Å². The van der Waals surface area contributed by atoms with Crippen molar-refractivity contribution >= 4 is 15.8 Å². The third-order valence-electron chi connectivity index (χ3n) is 3.76. The number of hydrogen-bond acceptors (Lipinski definition) is 3. The van der Waals surface area contributed by atoms with Gasteiger partial charge < -0.3 is 0 Å². The predicted molar refractivity (Wildman–Crippen MR) is 94.5 cm³/mol. The molecule has 0 aliphatic heterocycles. The van der Waals surface area contributed by atoms with Gasteiger partial charge in [-0.2, -0.15) is 5.10 Å². The molecule has 0 saturated heterocycles. The van der Waals surface area contributed by atoms with Crippen molar-refractivity contribution in [1.82, 2.24) is 9.78 Å². The van der Waals surface area contributed by atoms with Crippen molar-refractivity contribution in [3.63, 3.8) is 0 Å². The third kappa shape index (κ3) is 4.06. The minimum absolute atomic E-state index is 0.228. The predicted octanol–water partition coefficient (Wildman–Crippen LogP) is 3.49. The Bertz CT molecular complexity index is 995. The lowest BCUT2D eigenvalue weighted by Gasteiger charge is -2.09. The van der Waals surface area contributed by atoms with Gasteiger partial charge in [0, 0.05) is 12.3 Å². The Morgan fingerprint density at radius 2 is 1.80 bits per heavy atom. The summed E-state index contributed by atoms with van der Waals surface area (Å²) in [5.41, 5.74) is 2.55. The van der Waals surface area contributed by atoms with Crippen LogP contribution in [0.4, 0.5) is 10.2 Å². The number of aryl methyl sites for hydroxylation is 2. The zero-order valence-electron chi connectivity index (χ0n) is 13.9. The van der Waals surface area contributed by atoms with E-state index in [1.807, 2.05) is 13.0 Å². The molecular weight excluding hydrogens is 341 g/mol. The average molecular weight is 359 g/mol. The van der Waals surface area contributed by atoms with E-state index < -0.39 is 10.0 Å². The molecule has 0 saturated carbocycles. The van der Waals surface area contributed by atoms with Crippen molar-refractivity contribution < 1.29 is 12.8 Å². The van der Waals surface area contributed by atoms with E-state index in [4.69, 9.17) is 0 Å². The summed E-state index contributed by atoms with van der Waals surface area (Å²) in [4.78, 5) is 0.228. The molecular formula is C18H18FN3O2S. The van der Waals surface area contributed by atoms with Crippen LogP contribution in [0.15, 0.2) is 59.6 Å². The fraction of sp³-hybridized carbons (Fsp3) is 0.167. The molecule has 130 valence electrons. The second kappa shape index (κ2) is 6.68. The Morgan fingerprint density at radius 3 is 2.48 bits per heavy atom. The normalized spacial score (nSPS) is 11.5. The van der Waals surface area contributed by atoms with Crippen molar-refractivity contribution in [2.24, 2.45) is 0 Å². The van der Waals surface area contributed by atoms with Gasteiger partial charge in [-0.05, 0) is 43.2 Å². The summed E-state index contributed by atoms with van der Waals surface area (Å²) in [5.74, 6) is -0.0618. The Labute approximate surface area is 146 Å². The van der Waals surface area contributed by atoms with Crippen LogP contribution >= 0.6 is 0 Å². The Balaban J connectivity index is 1.77. The zero-order valence-corrected chi connectivity index (χ0v) is 14.7. The minimum atomic E-state index is -3.70. The largest absolute Gasteiger partial charge is 0.266 e. The van der Waals surface area contributed by atoms with Crippen LogP contribution in [-0.4, -0.2) is 18.2 Å². The quantitative estimate of drug-likeness (QED) is 0.758. The highest BCUT2D eigenvalue weighted by atomic mass is 32.2. The zero-order chi connectivity index (χ0) is 18.0. The number of nitrogens with zero attached hydrogens (tertiary/aromatic N) is 2. The van der Waals surface area contributed by atoms with E-state index in [2.05, 4.69) is 9.82 Å². The smallest absolute Gasteiger partial charge is 0.263 e. The summed E-state index contributed by atoms with van der Waals surface area (Å²) in [6.07, 6.45) is 1.67. The van der Waals surface area contributed by atoms with E-state index in [9.17, 15) is 12.8 Å². The highest BCUT2D eigenvalue weighted by molar-refractivity contribution is 7.92. The van der Waals surface area contributed by atoms with Crippen LogP contribution in [0.5, 0.6) is 0 Å². The molecule has 7 heteroatoms. The van der Waals surface area contributed by atoms with Crippen LogP contribution in [-0.2, 0) is 16.6 Å². The maximum Gasteiger partial charge on any atom is 0.263 e. The Morgan fingerprint density at radius 1 is 1.08 bits per heavy atom. The van der Waals surface area contributed by atoms with E-state index in [-0.39, 0.29) is 16.5 Å². The SMILES string of the molecule is Cc1ccc(S(=O)(=O)Nc2ccn(Cc3ccc(F)cc3)n2)c(C)c1. The second-order valence-electron chi connectivity index (χ2n) is 5.90. The molecule has 0 bridgehead atoms. The number of anilines is 1. The van der Waals surface area contributed by atoms with E-state index in [1.54, 1.807) is 48.1 Å². The summed E-state index contributed by atoms with van der Waals surface area (Å²) in [5, 5.41) is 4.22. The third-order valence-corrected chi connectivity index (χ3v) is 5.27. The molecule has 3 rings (SSSR count). The highest BCUT2D eigenvalue weighted by Crippen LogP contribution is 2.19. The number of halogens is 1. The molecule has 0 aliphatic rings.